The van der Waals surface area contributed by atoms with E-state index in [4.69, 9.17) is 0 Å². The van der Waals surface area contributed by atoms with E-state index in [0.29, 0.717) is 0 Å². The molecule has 1 N–H and O–H groups in total. The number of anilines is 1. The highest BCUT2D eigenvalue weighted by atomic mass is 32.2. The van der Waals surface area contributed by atoms with Crippen LogP contribution in [0.3, 0.4) is 0 Å². The summed E-state index contributed by atoms with van der Waals surface area (Å²) < 4.78 is 0. The predicted molar refractivity (Wildman–Crippen MR) is 96.7 cm³/mol. The number of nitrogens with one attached hydrogen (secondary N) is 1. The number of carbonyl (C=O) groups excluding carboxylic acids is 1. The lowest BCUT2D eigenvalue weighted by Gasteiger charge is -2.10. The van der Waals surface area contributed by atoms with E-state index in [1.54, 1.807) is 11.8 Å². The van der Waals surface area contributed by atoms with Gasteiger partial charge >= 0.3 is 0 Å². The Bertz CT molecular complexity index is 797. The van der Waals surface area contributed by atoms with Crippen LogP contribution in [0.5, 0.6) is 0 Å². The molecule has 114 valence electrons. The molecule has 3 heteroatoms. The number of hydrogen-bond donors (Lipinski definition) is 1. The molecule has 23 heavy (non-hydrogen) atoms. The summed E-state index contributed by atoms with van der Waals surface area (Å²) in [6.07, 6.45) is 0. The first-order valence-corrected chi connectivity index (χ1v) is 8.24. The van der Waals surface area contributed by atoms with Gasteiger partial charge in [0.15, 0.2) is 0 Å². The van der Waals surface area contributed by atoms with Crippen LogP contribution < -0.4 is 5.32 Å². The van der Waals surface area contributed by atoms with Gasteiger partial charge in [-0.25, -0.2) is 0 Å². The summed E-state index contributed by atoms with van der Waals surface area (Å²) in [5.74, 6) is -0.0579. The molecule has 0 aliphatic carbocycles. The maximum Gasteiger partial charge on any atom is 0.221 e. The summed E-state index contributed by atoms with van der Waals surface area (Å²) in [4.78, 5) is 13.5. The SMILES string of the molecule is CC(=O)Nc1ccccc1Sc1ccc(-c2ccccc2)cc1. The Labute approximate surface area is 140 Å². The van der Waals surface area contributed by atoms with Crippen molar-refractivity contribution >= 4 is 23.4 Å². The third-order valence-electron chi connectivity index (χ3n) is 3.39. The number of para-hydroxylation sites is 1. The molecule has 0 bridgehead atoms. The molecular formula is C20H17NOS. The highest BCUT2D eigenvalue weighted by Gasteiger charge is 2.05. The first-order chi connectivity index (χ1) is 11.2. The third-order valence-corrected chi connectivity index (χ3v) is 4.47. The summed E-state index contributed by atoms with van der Waals surface area (Å²) in [7, 11) is 0. The monoisotopic (exact) mass is 319 g/mol. The van der Waals surface area contributed by atoms with Crippen LogP contribution in [0.15, 0.2) is 88.7 Å². The predicted octanol–water partition coefficient (Wildman–Crippen LogP) is 5.46. The Morgan fingerprint density at radius 3 is 2.09 bits per heavy atom. The van der Waals surface area contributed by atoms with Crippen LogP contribution in [0.1, 0.15) is 6.92 Å². The molecule has 0 unspecified atom stereocenters. The molecule has 0 saturated carbocycles. The topological polar surface area (TPSA) is 29.1 Å². The van der Waals surface area contributed by atoms with Crippen LogP contribution in [0.4, 0.5) is 5.69 Å². The molecule has 0 atom stereocenters. The Kier molecular flexibility index (Phi) is 4.79. The summed E-state index contributed by atoms with van der Waals surface area (Å²) in [5, 5.41) is 2.87. The van der Waals surface area contributed by atoms with Gasteiger partial charge in [0.25, 0.3) is 0 Å². The molecule has 3 rings (SSSR count). The molecule has 1 amide bonds. The second-order valence-corrected chi connectivity index (χ2v) is 6.29. The number of rotatable bonds is 4. The van der Waals surface area contributed by atoms with Gasteiger partial charge in [-0.2, -0.15) is 0 Å². The minimum Gasteiger partial charge on any atom is -0.325 e. The van der Waals surface area contributed by atoms with Crippen molar-refractivity contribution in [2.75, 3.05) is 5.32 Å². The Balaban J connectivity index is 1.80. The molecule has 0 saturated heterocycles. The Hall–Kier alpha value is -2.52. The maximum atomic E-state index is 11.3. The van der Waals surface area contributed by atoms with Crippen molar-refractivity contribution in [1.29, 1.82) is 0 Å². The van der Waals surface area contributed by atoms with Gasteiger partial charge in [0.2, 0.25) is 5.91 Å². The minimum absolute atomic E-state index is 0.0579. The van der Waals surface area contributed by atoms with Gasteiger partial charge in [-0.1, -0.05) is 66.4 Å². The molecular weight excluding hydrogens is 302 g/mol. The average Bonchev–Trinajstić information content (AvgIpc) is 2.58. The molecule has 0 fully saturated rings. The number of hydrogen-bond acceptors (Lipinski definition) is 2. The van der Waals surface area contributed by atoms with Gasteiger partial charge in [0.05, 0.1) is 5.69 Å². The highest BCUT2D eigenvalue weighted by Crippen LogP contribution is 2.34. The van der Waals surface area contributed by atoms with Crippen molar-refractivity contribution in [3.05, 3.63) is 78.9 Å². The van der Waals surface area contributed by atoms with E-state index in [9.17, 15) is 4.79 Å². The van der Waals surface area contributed by atoms with Crippen LogP contribution in [0.25, 0.3) is 11.1 Å². The van der Waals surface area contributed by atoms with Crippen molar-refractivity contribution in [3.63, 3.8) is 0 Å². The van der Waals surface area contributed by atoms with E-state index >= 15 is 0 Å². The summed E-state index contributed by atoms with van der Waals surface area (Å²) in [5.41, 5.74) is 3.25. The second kappa shape index (κ2) is 7.16. The average molecular weight is 319 g/mol. The van der Waals surface area contributed by atoms with Crippen LogP contribution >= 0.6 is 11.8 Å². The fourth-order valence-corrected chi connectivity index (χ4v) is 3.22. The fraction of sp³-hybridized carbons (Fsp3) is 0.0500. The van der Waals surface area contributed by atoms with Gasteiger partial charge in [0, 0.05) is 16.7 Å². The van der Waals surface area contributed by atoms with Crippen molar-refractivity contribution in [2.45, 2.75) is 16.7 Å². The van der Waals surface area contributed by atoms with E-state index in [-0.39, 0.29) is 5.91 Å². The van der Waals surface area contributed by atoms with E-state index < -0.39 is 0 Å². The number of benzene rings is 3. The molecule has 0 spiro atoms. The van der Waals surface area contributed by atoms with Crippen molar-refractivity contribution < 1.29 is 4.79 Å². The fourth-order valence-electron chi connectivity index (χ4n) is 2.32. The lowest BCUT2D eigenvalue weighted by atomic mass is 10.1. The molecule has 0 aliphatic rings. The second-order valence-electron chi connectivity index (χ2n) is 5.17. The Morgan fingerprint density at radius 1 is 0.783 bits per heavy atom. The first-order valence-electron chi connectivity index (χ1n) is 7.42. The zero-order valence-corrected chi connectivity index (χ0v) is 13.6. The molecule has 0 radical (unpaired) electrons. The van der Waals surface area contributed by atoms with Gasteiger partial charge in [-0.15, -0.1) is 0 Å². The maximum absolute atomic E-state index is 11.3. The van der Waals surface area contributed by atoms with Gasteiger partial charge < -0.3 is 5.32 Å². The van der Waals surface area contributed by atoms with Crippen LogP contribution in [0, 0.1) is 0 Å². The highest BCUT2D eigenvalue weighted by molar-refractivity contribution is 7.99. The molecule has 0 aromatic heterocycles. The van der Waals surface area contributed by atoms with Crippen LogP contribution in [0.2, 0.25) is 0 Å². The first kappa shape index (κ1) is 15.4. The number of carbonyl (C=O) groups is 1. The summed E-state index contributed by atoms with van der Waals surface area (Å²) in [6.45, 7) is 1.52. The largest absolute Gasteiger partial charge is 0.325 e. The van der Waals surface area contributed by atoms with Crippen LogP contribution in [-0.4, -0.2) is 5.91 Å². The molecule has 0 aliphatic heterocycles. The van der Waals surface area contributed by atoms with Crippen molar-refractivity contribution in [3.8, 4) is 11.1 Å². The normalized spacial score (nSPS) is 10.3. The third kappa shape index (κ3) is 4.02. The van der Waals surface area contributed by atoms with Crippen LogP contribution in [-0.2, 0) is 4.79 Å². The zero-order valence-electron chi connectivity index (χ0n) is 12.8. The van der Waals surface area contributed by atoms with Crippen molar-refractivity contribution in [1.82, 2.24) is 0 Å². The molecule has 0 heterocycles. The smallest absolute Gasteiger partial charge is 0.221 e. The molecule has 2 nitrogen and oxygen atoms in total. The summed E-state index contributed by atoms with van der Waals surface area (Å²) >= 11 is 1.65. The van der Waals surface area contributed by atoms with E-state index in [2.05, 4.69) is 41.7 Å². The molecule has 3 aromatic rings. The lowest BCUT2D eigenvalue weighted by molar-refractivity contribution is -0.114. The standard InChI is InChI=1S/C20H17NOS/c1-15(22)21-19-9-5-6-10-20(19)23-18-13-11-17(12-14-18)16-7-3-2-4-8-16/h2-14H,1H3,(H,21,22). The molecule has 3 aromatic carbocycles. The zero-order chi connectivity index (χ0) is 16.1. The quantitative estimate of drug-likeness (QED) is 0.691. The van der Waals surface area contributed by atoms with Crippen molar-refractivity contribution in [2.24, 2.45) is 0 Å². The van der Waals surface area contributed by atoms with Gasteiger partial charge in [-0.3, -0.25) is 4.79 Å². The van der Waals surface area contributed by atoms with E-state index in [1.165, 1.54) is 18.1 Å². The summed E-state index contributed by atoms with van der Waals surface area (Å²) in [6, 6.07) is 26.6. The van der Waals surface area contributed by atoms with E-state index in [1.807, 2.05) is 42.5 Å². The van der Waals surface area contributed by atoms with E-state index in [0.717, 1.165) is 15.5 Å². The number of amides is 1. The Morgan fingerprint density at radius 2 is 1.39 bits per heavy atom. The minimum atomic E-state index is -0.0579. The van der Waals surface area contributed by atoms with Gasteiger partial charge in [-0.05, 0) is 35.4 Å². The van der Waals surface area contributed by atoms with Gasteiger partial charge in [0.1, 0.15) is 0 Å². The lowest BCUT2D eigenvalue weighted by Crippen LogP contribution is -2.06.